The van der Waals surface area contributed by atoms with Crippen molar-refractivity contribution in [2.45, 2.75) is 17.8 Å². The molecule has 0 bridgehead atoms. The molecule has 0 saturated carbocycles. The van der Waals surface area contributed by atoms with Crippen molar-refractivity contribution < 1.29 is 4.39 Å². The van der Waals surface area contributed by atoms with Crippen LogP contribution in [-0.2, 0) is 5.75 Å². The molecular formula is C19H15FN4OS. The van der Waals surface area contributed by atoms with E-state index in [2.05, 4.69) is 15.1 Å². The predicted molar refractivity (Wildman–Crippen MR) is 99.7 cm³/mol. The molecule has 2 aromatic heterocycles. The van der Waals surface area contributed by atoms with Gasteiger partial charge in [0.1, 0.15) is 5.82 Å². The highest BCUT2D eigenvalue weighted by Gasteiger charge is 2.12. The molecule has 0 unspecified atom stereocenters. The van der Waals surface area contributed by atoms with Crippen LogP contribution in [0.2, 0.25) is 0 Å². The van der Waals surface area contributed by atoms with Gasteiger partial charge in [-0.15, -0.1) is 0 Å². The van der Waals surface area contributed by atoms with Crippen molar-refractivity contribution in [2.75, 3.05) is 0 Å². The number of aromatic amines is 1. The minimum absolute atomic E-state index is 0.270. The maximum Gasteiger partial charge on any atom is 0.350 e. The second-order valence-corrected chi connectivity index (χ2v) is 6.89. The molecule has 0 saturated heterocycles. The maximum absolute atomic E-state index is 13.0. The molecule has 1 N–H and O–H groups in total. The van der Waals surface area contributed by atoms with Gasteiger partial charge in [0.2, 0.25) is 0 Å². The summed E-state index contributed by atoms with van der Waals surface area (Å²) in [6.45, 7) is 2.02. The summed E-state index contributed by atoms with van der Waals surface area (Å²) in [5.74, 6) is 0.307. The highest BCUT2D eigenvalue weighted by Crippen LogP contribution is 2.25. The van der Waals surface area contributed by atoms with Gasteiger partial charge < -0.3 is 0 Å². The molecule has 0 fully saturated rings. The molecule has 0 radical (unpaired) electrons. The predicted octanol–water partition coefficient (Wildman–Crippen LogP) is 3.82. The van der Waals surface area contributed by atoms with Crippen LogP contribution in [0.1, 0.15) is 11.1 Å². The molecule has 4 aromatic rings. The second kappa shape index (κ2) is 6.76. The van der Waals surface area contributed by atoms with Gasteiger partial charge in [0.25, 0.3) is 0 Å². The largest absolute Gasteiger partial charge is 0.350 e. The zero-order chi connectivity index (χ0) is 18.1. The molecule has 0 aliphatic rings. The molecule has 4 rings (SSSR count). The highest BCUT2D eigenvalue weighted by molar-refractivity contribution is 7.98. The van der Waals surface area contributed by atoms with Gasteiger partial charge in [0.05, 0.1) is 6.20 Å². The Morgan fingerprint density at radius 3 is 2.58 bits per heavy atom. The normalized spacial score (nSPS) is 11.2. The number of thioether (sulfide) groups is 1. The van der Waals surface area contributed by atoms with Gasteiger partial charge in [-0.05, 0) is 30.2 Å². The average Bonchev–Trinajstić information content (AvgIpc) is 3.06. The highest BCUT2D eigenvalue weighted by atomic mass is 32.2. The van der Waals surface area contributed by atoms with Crippen molar-refractivity contribution in [3.8, 4) is 11.1 Å². The lowest BCUT2D eigenvalue weighted by molar-refractivity contribution is 0.627. The lowest BCUT2D eigenvalue weighted by Gasteiger charge is -2.04. The van der Waals surface area contributed by atoms with E-state index in [0.29, 0.717) is 16.6 Å². The second-order valence-electron chi connectivity index (χ2n) is 5.92. The Balaban J connectivity index is 1.68. The molecule has 2 heterocycles. The number of benzene rings is 2. The fourth-order valence-corrected chi connectivity index (χ4v) is 3.41. The molecule has 0 atom stereocenters. The Labute approximate surface area is 152 Å². The number of halogens is 1. The van der Waals surface area contributed by atoms with E-state index in [1.807, 2.05) is 31.2 Å². The van der Waals surface area contributed by atoms with E-state index in [0.717, 1.165) is 22.3 Å². The molecule has 0 spiro atoms. The van der Waals surface area contributed by atoms with Crippen molar-refractivity contribution in [1.29, 1.82) is 0 Å². The summed E-state index contributed by atoms with van der Waals surface area (Å²) >= 11 is 1.39. The van der Waals surface area contributed by atoms with Gasteiger partial charge in [0, 0.05) is 11.3 Å². The number of rotatable bonds is 4. The molecule has 7 heteroatoms. The first-order valence-electron chi connectivity index (χ1n) is 8.02. The van der Waals surface area contributed by atoms with Crippen molar-refractivity contribution in [3.05, 3.63) is 82.2 Å². The summed E-state index contributed by atoms with van der Waals surface area (Å²) in [6.07, 6.45) is 1.65. The number of nitrogens with one attached hydrogen (secondary N) is 1. The summed E-state index contributed by atoms with van der Waals surface area (Å²) in [6, 6.07) is 14.3. The quantitative estimate of drug-likeness (QED) is 0.558. The summed E-state index contributed by atoms with van der Waals surface area (Å²) in [4.78, 5) is 19.6. The first-order chi connectivity index (χ1) is 12.6. The number of hydrogen-bond acceptors (Lipinski definition) is 4. The summed E-state index contributed by atoms with van der Waals surface area (Å²) in [7, 11) is 0. The Kier molecular flexibility index (Phi) is 4.30. The van der Waals surface area contributed by atoms with E-state index in [1.54, 1.807) is 18.3 Å². The number of fused-ring (bicyclic) bond motifs is 1. The van der Waals surface area contributed by atoms with Crippen LogP contribution in [0.25, 0.3) is 16.8 Å². The molecule has 0 amide bonds. The van der Waals surface area contributed by atoms with Crippen molar-refractivity contribution in [1.82, 2.24) is 19.6 Å². The lowest BCUT2D eigenvalue weighted by atomic mass is 10.1. The van der Waals surface area contributed by atoms with Crippen molar-refractivity contribution in [3.63, 3.8) is 0 Å². The van der Waals surface area contributed by atoms with Crippen LogP contribution in [0.3, 0.4) is 0 Å². The van der Waals surface area contributed by atoms with Crippen LogP contribution >= 0.6 is 11.8 Å². The van der Waals surface area contributed by atoms with E-state index in [4.69, 9.17) is 0 Å². The molecule has 5 nitrogen and oxygen atoms in total. The van der Waals surface area contributed by atoms with Gasteiger partial charge in [-0.25, -0.2) is 14.2 Å². The first kappa shape index (κ1) is 16.5. The molecule has 0 aliphatic carbocycles. The van der Waals surface area contributed by atoms with E-state index >= 15 is 0 Å². The Hall–Kier alpha value is -2.93. The average molecular weight is 366 g/mol. The molecule has 0 aliphatic heterocycles. The van der Waals surface area contributed by atoms with Gasteiger partial charge in [-0.2, -0.15) is 9.61 Å². The van der Waals surface area contributed by atoms with E-state index in [-0.39, 0.29) is 11.5 Å². The van der Waals surface area contributed by atoms with Crippen LogP contribution in [0.15, 0.2) is 64.7 Å². The van der Waals surface area contributed by atoms with Crippen LogP contribution in [0.4, 0.5) is 4.39 Å². The third-order valence-corrected chi connectivity index (χ3v) is 4.95. The number of aryl methyl sites for hydroxylation is 1. The zero-order valence-corrected chi connectivity index (χ0v) is 14.8. The Morgan fingerprint density at radius 1 is 1.12 bits per heavy atom. The maximum atomic E-state index is 13.0. The third kappa shape index (κ3) is 3.25. The fraction of sp³-hybridized carbons (Fsp3) is 0.105. The van der Waals surface area contributed by atoms with Gasteiger partial charge in [-0.1, -0.05) is 53.7 Å². The van der Waals surface area contributed by atoms with Crippen molar-refractivity contribution in [2.24, 2.45) is 0 Å². The topological polar surface area (TPSA) is 63.1 Å². The van der Waals surface area contributed by atoms with E-state index < -0.39 is 0 Å². The minimum atomic E-state index is -0.338. The monoisotopic (exact) mass is 366 g/mol. The smallest absolute Gasteiger partial charge is 0.285 e. The van der Waals surface area contributed by atoms with Crippen LogP contribution in [0.5, 0.6) is 0 Å². The molecule has 130 valence electrons. The van der Waals surface area contributed by atoms with Crippen LogP contribution in [-0.4, -0.2) is 19.6 Å². The molecular weight excluding hydrogens is 351 g/mol. The van der Waals surface area contributed by atoms with Crippen LogP contribution < -0.4 is 5.69 Å². The Morgan fingerprint density at radius 2 is 1.85 bits per heavy atom. The fourth-order valence-electron chi connectivity index (χ4n) is 2.60. The third-order valence-electron chi connectivity index (χ3n) is 4.01. The van der Waals surface area contributed by atoms with Gasteiger partial charge in [-0.3, -0.25) is 4.98 Å². The number of hydrogen-bond donors (Lipinski definition) is 1. The summed E-state index contributed by atoms with van der Waals surface area (Å²) in [5, 5.41) is 4.65. The minimum Gasteiger partial charge on any atom is -0.285 e. The standard InChI is InChI=1S/C19H15FN4OS/c1-12-2-6-14(7-3-12)16-10-21-24-17(16)22-18(23-19(24)25)26-11-13-4-8-15(20)9-5-13/h2-10H,11H2,1H3,(H,22,23,25). The van der Waals surface area contributed by atoms with Crippen molar-refractivity contribution >= 4 is 17.4 Å². The summed E-state index contributed by atoms with van der Waals surface area (Å²) in [5.41, 5.74) is 4.05. The molecule has 26 heavy (non-hydrogen) atoms. The Bertz CT molecular complexity index is 1120. The molecule has 2 aromatic carbocycles. The zero-order valence-electron chi connectivity index (χ0n) is 13.9. The van der Waals surface area contributed by atoms with Crippen LogP contribution in [0, 0.1) is 12.7 Å². The van der Waals surface area contributed by atoms with E-state index in [1.165, 1.54) is 28.4 Å². The first-order valence-corrected chi connectivity index (χ1v) is 9.01. The number of nitrogens with zero attached hydrogens (tertiary/aromatic N) is 3. The SMILES string of the molecule is Cc1ccc(-c2cnn3c(=O)[nH]c(SCc4ccc(F)cc4)nc23)cc1. The number of aromatic nitrogens is 4. The van der Waals surface area contributed by atoms with E-state index in [9.17, 15) is 9.18 Å². The summed E-state index contributed by atoms with van der Waals surface area (Å²) < 4.78 is 14.3. The van der Waals surface area contributed by atoms with Gasteiger partial charge in [0.15, 0.2) is 10.8 Å². The lowest BCUT2D eigenvalue weighted by Crippen LogP contribution is -2.19. The van der Waals surface area contributed by atoms with Gasteiger partial charge >= 0.3 is 5.69 Å². The number of H-pyrrole nitrogens is 1.